The fourth-order valence-corrected chi connectivity index (χ4v) is 2.61. The Morgan fingerprint density at radius 1 is 1.27 bits per heavy atom. The van der Waals surface area contributed by atoms with Gasteiger partial charge in [0.1, 0.15) is 0 Å². The van der Waals surface area contributed by atoms with E-state index in [2.05, 4.69) is 5.32 Å². The minimum absolute atomic E-state index is 0.0558. The zero-order chi connectivity index (χ0) is 18.9. The Kier molecular flexibility index (Phi) is 7.49. The van der Waals surface area contributed by atoms with Crippen molar-refractivity contribution in [2.45, 2.75) is 19.3 Å². The topological polar surface area (TPSA) is 128 Å². The van der Waals surface area contributed by atoms with E-state index < -0.39 is 22.5 Å². The third-order valence-electron chi connectivity index (χ3n) is 4.08. The number of ether oxygens (including phenoxy) is 2. The highest BCUT2D eigenvalue weighted by molar-refractivity contribution is 5.98. The van der Waals surface area contributed by atoms with Crippen molar-refractivity contribution >= 4 is 17.6 Å². The van der Waals surface area contributed by atoms with E-state index in [4.69, 9.17) is 14.6 Å². The molecule has 1 aromatic rings. The van der Waals surface area contributed by atoms with Crippen LogP contribution in [0.5, 0.6) is 0 Å². The smallest absolute Gasteiger partial charge is 0.335 e. The van der Waals surface area contributed by atoms with Crippen molar-refractivity contribution in [3.05, 3.63) is 39.4 Å². The van der Waals surface area contributed by atoms with Gasteiger partial charge in [0.25, 0.3) is 11.6 Å². The summed E-state index contributed by atoms with van der Waals surface area (Å²) in [6, 6.07) is 3.10. The Labute approximate surface area is 150 Å². The molecule has 0 spiro atoms. The average molecular weight is 366 g/mol. The van der Waals surface area contributed by atoms with Gasteiger partial charge in [-0.3, -0.25) is 14.9 Å². The number of non-ortho nitro benzene ring substituents is 1. The maximum atomic E-state index is 12.1. The molecule has 2 rings (SSSR count). The van der Waals surface area contributed by atoms with Crippen molar-refractivity contribution in [2.24, 2.45) is 5.92 Å². The average Bonchev–Trinajstić information content (AvgIpc) is 2.64. The van der Waals surface area contributed by atoms with E-state index in [1.54, 1.807) is 0 Å². The number of carbonyl (C=O) groups is 2. The van der Waals surface area contributed by atoms with Crippen LogP contribution in [0.15, 0.2) is 18.2 Å². The Bertz CT molecular complexity index is 624. The molecule has 26 heavy (non-hydrogen) atoms. The molecule has 2 N–H and O–H groups in total. The molecule has 1 fully saturated rings. The third-order valence-corrected chi connectivity index (χ3v) is 4.08. The lowest BCUT2D eigenvalue weighted by Crippen LogP contribution is -2.26. The lowest BCUT2D eigenvalue weighted by molar-refractivity contribution is -0.384. The van der Waals surface area contributed by atoms with Gasteiger partial charge < -0.3 is 19.9 Å². The Hall–Kier alpha value is -2.52. The lowest BCUT2D eigenvalue weighted by atomic mass is 10.0. The van der Waals surface area contributed by atoms with Crippen LogP contribution in [-0.4, -0.2) is 54.9 Å². The predicted molar refractivity (Wildman–Crippen MR) is 91.4 cm³/mol. The van der Waals surface area contributed by atoms with Crippen LogP contribution < -0.4 is 5.32 Å². The molecular formula is C17H22N2O7. The molecule has 9 heteroatoms. The fraction of sp³-hybridized carbons (Fsp3) is 0.529. The fourth-order valence-electron chi connectivity index (χ4n) is 2.61. The largest absolute Gasteiger partial charge is 0.478 e. The number of nitrogens with zero attached hydrogens (tertiary/aromatic N) is 1. The number of hydrogen-bond acceptors (Lipinski definition) is 6. The van der Waals surface area contributed by atoms with Crippen LogP contribution >= 0.6 is 0 Å². The molecule has 0 aliphatic carbocycles. The van der Waals surface area contributed by atoms with Crippen molar-refractivity contribution in [3.63, 3.8) is 0 Å². The highest BCUT2D eigenvalue weighted by atomic mass is 16.6. The Morgan fingerprint density at radius 2 is 1.96 bits per heavy atom. The summed E-state index contributed by atoms with van der Waals surface area (Å²) in [6.07, 6.45) is 2.58. The maximum Gasteiger partial charge on any atom is 0.335 e. The maximum absolute atomic E-state index is 12.1. The van der Waals surface area contributed by atoms with Crippen molar-refractivity contribution in [3.8, 4) is 0 Å². The second-order valence-electron chi connectivity index (χ2n) is 6.07. The van der Waals surface area contributed by atoms with E-state index in [1.807, 2.05) is 0 Å². The van der Waals surface area contributed by atoms with Gasteiger partial charge in [0.05, 0.1) is 10.5 Å². The Balaban J connectivity index is 1.76. The van der Waals surface area contributed by atoms with E-state index in [9.17, 15) is 19.7 Å². The number of amides is 1. The van der Waals surface area contributed by atoms with E-state index in [-0.39, 0.29) is 11.1 Å². The quantitative estimate of drug-likeness (QED) is 0.388. The van der Waals surface area contributed by atoms with Crippen LogP contribution in [0.4, 0.5) is 5.69 Å². The van der Waals surface area contributed by atoms with Crippen LogP contribution in [0.25, 0.3) is 0 Å². The van der Waals surface area contributed by atoms with Gasteiger partial charge in [0.2, 0.25) is 0 Å². The van der Waals surface area contributed by atoms with Gasteiger partial charge in [-0.1, -0.05) is 0 Å². The first-order chi connectivity index (χ1) is 12.5. The molecule has 1 amide bonds. The summed E-state index contributed by atoms with van der Waals surface area (Å²) in [5.74, 6) is -1.37. The SMILES string of the molecule is O=C(O)c1cc(C(=O)NCCCOCC2CCOCC2)cc([N+](=O)[O-])c1. The normalized spacial score (nSPS) is 14.8. The highest BCUT2D eigenvalue weighted by Gasteiger charge is 2.17. The predicted octanol–water partition coefficient (Wildman–Crippen LogP) is 1.86. The van der Waals surface area contributed by atoms with Gasteiger partial charge >= 0.3 is 5.97 Å². The van der Waals surface area contributed by atoms with E-state index >= 15 is 0 Å². The molecule has 1 aromatic carbocycles. The number of benzene rings is 1. The second kappa shape index (κ2) is 9.83. The monoisotopic (exact) mass is 366 g/mol. The van der Waals surface area contributed by atoms with Crippen molar-refractivity contribution in [1.82, 2.24) is 5.32 Å². The molecule has 142 valence electrons. The first kappa shape index (κ1) is 19.8. The summed E-state index contributed by atoms with van der Waals surface area (Å²) in [5, 5.41) is 22.5. The van der Waals surface area contributed by atoms with Crippen molar-refractivity contribution < 1.29 is 29.1 Å². The summed E-state index contributed by atoms with van der Waals surface area (Å²) in [6.45, 7) is 3.03. The lowest BCUT2D eigenvalue weighted by Gasteiger charge is -2.21. The molecule has 1 saturated heterocycles. The van der Waals surface area contributed by atoms with Crippen LogP contribution in [0, 0.1) is 16.0 Å². The standard InChI is InChI=1S/C17H22N2O7/c20-16(13-8-14(17(21)22)10-15(9-13)19(23)24)18-4-1-5-26-11-12-2-6-25-7-3-12/h8-10,12H,1-7,11H2,(H,18,20)(H,21,22). The van der Waals surface area contributed by atoms with Crippen LogP contribution in [0.2, 0.25) is 0 Å². The number of hydrogen-bond donors (Lipinski definition) is 2. The summed E-state index contributed by atoms with van der Waals surface area (Å²) in [7, 11) is 0. The number of carboxylic acids is 1. The van der Waals surface area contributed by atoms with Gasteiger partial charge in [0, 0.05) is 50.7 Å². The van der Waals surface area contributed by atoms with Gasteiger partial charge in [-0.2, -0.15) is 0 Å². The Morgan fingerprint density at radius 3 is 2.62 bits per heavy atom. The van der Waals surface area contributed by atoms with Crippen molar-refractivity contribution in [2.75, 3.05) is 33.0 Å². The molecule has 1 aliphatic heterocycles. The molecule has 0 unspecified atom stereocenters. The first-order valence-corrected chi connectivity index (χ1v) is 8.44. The minimum Gasteiger partial charge on any atom is -0.478 e. The molecule has 1 aliphatic rings. The number of carbonyl (C=O) groups excluding carboxylic acids is 1. The molecule has 0 aromatic heterocycles. The highest BCUT2D eigenvalue weighted by Crippen LogP contribution is 2.17. The molecule has 0 atom stereocenters. The first-order valence-electron chi connectivity index (χ1n) is 8.44. The van der Waals surface area contributed by atoms with Crippen LogP contribution in [0.3, 0.4) is 0 Å². The van der Waals surface area contributed by atoms with Gasteiger partial charge in [-0.25, -0.2) is 4.79 Å². The summed E-state index contributed by atoms with van der Waals surface area (Å²) in [4.78, 5) is 33.3. The summed E-state index contributed by atoms with van der Waals surface area (Å²) >= 11 is 0. The van der Waals surface area contributed by atoms with E-state index in [1.165, 1.54) is 0 Å². The zero-order valence-electron chi connectivity index (χ0n) is 14.3. The summed E-state index contributed by atoms with van der Waals surface area (Å²) in [5.41, 5.74) is -0.793. The van der Waals surface area contributed by atoms with Crippen molar-refractivity contribution in [1.29, 1.82) is 0 Å². The number of aromatic carboxylic acids is 1. The third kappa shape index (κ3) is 6.08. The number of nitro groups is 1. The van der Waals surface area contributed by atoms with Crippen LogP contribution in [-0.2, 0) is 9.47 Å². The molecule has 0 radical (unpaired) electrons. The number of nitro benzene ring substituents is 1. The van der Waals surface area contributed by atoms with Crippen LogP contribution in [0.1, 0.15) is 40.0 Å². The molecule has 1 heterocycles. The molecule has 0 bridgehead atoms. The number of nitrogens with one attached hydrogen (secondary N) is 1. The molecular weight excluding hydrogens is 344 g/mol. The van der Waals surface area contributed by atoms with E-state index in [0.717, 1.165) is 44.3 Å². The molecule has 0 saturated carbocycles. The second-order valence-corrected chi connectivity index (χ2v) is 6.07. The van der Waals surface area contributed by atoms with E-state index in [0.29, 0.717) is 32.1 Å². The summed E-state index contributed by atoms with van der Waals surface area (Å²) < 4.78 is 10.9. The zero-order valence-corrected chi connectivity index (χ0v) is 14.3. The number of carboxylic acid groups (broad SMARTS) is 1. The van der Waals surface area contributed by atoms with Gasteiger partial charge in [0.15, 0.2) is 0 Å². The van der Waals surface area contributed by atoms with Gasteiger partial charge in [-0.05, 0) is 31.2 Å². The van der Waals surface area contributed by atoms with Gasteiger partial charge in [-0.15, -0.1) is 0 Å². The number of rotatable bonds is 9. The minimum atomic E-state index is -1.33. The molecule has 9 nitrogen and oxygen atoms in total.